The molecule has 1 fully saturated rings. The zero-order valence-electron chi connectivity index (χ0n) is 10.6. The second-order valence-corrected chi connectivity index (χ2v) is 8.15. The topological polar surface area (TPSA) is 56.7 Å². The van der Waals surface area contributed by atoms with Crippen molar-refractivity contribution >= 4 is 58.2 Å². The van der Waals surface area contributed by atoms with Crippen molar-refractivity contribution in [3.8, 4) is 11.4 Å². The van der Waals surface area contributed by atoms with Gasteiger partial charge in [-0.05, 0) is 24.6 Å². The first-order valence-corrected chi connectivity index (χ1v) is 8.55. The van der Waals surface area contributed by atoms with Crippen LogP contribution >= 0.6 is 58.2 Å². The van der Waals surface area contributed by atoms with Gasteiger partial charge in [-0.1, -0.05) is 35.0 Å². The van der Waals surface area contributed by atoms with E-state index < -0.39 is 4.33 Å². The van der Waals surface area contributed by atoms with Crippen molar-refractivity contribution in [1.29, 1.82) is 0 Å². The minimum Gasteiger partial charge on any atom is -0.335 e. The Morgan fingerprint density at radius 2 is 2.05 bits per heavy atom. The summed E-state index contributed by atoms with van der Waals surface area (Å²) in [5.74, 6) is 7.52. The van der Waals surface area contributed by atoms with E-state index >= 15 is 0 Å². The van der Waals surface area contributed by atoms with Crippen LogP contribution in [0.3, 0.4) is 0 Å². The van der Waals surface area contributed by atoms with Crippen LogP contribution in [0.1, 0.15) is 6.42 Å². The molecule has 3 rings (SSSR count). The minimum absolute atomic E-state index is 0.255. The zero-order valence-corrected chi connectivity index (χ0v) is 14.4. The van der Waals surface area contributed by atoms with Crippen LogP contribution in [0.5, 0.6) is 0 Å². The lowest BCUT2D eigenvalue weighted by atomic mass is 10.2. The molecule has 1 saturated carbocycles. The Morgan fingerprint density at radius 1 is 1.33 bits per heavy atom. The number of alkyl halides is 2. The molecule has 1 aromatic heterocycles. The Bertz CT molecular complexity index is 688. The Hall–Kier alpha value is -0.330. The first-order chi connectivity index (χ1) is 9.88. The first-order valence-electron chi connectivity index (χ1n) is 6.05. The monoisotopic (exact) mass is 382 g/mol. The molecule has 1 atom stereocenters. The molecule has 1 heterocycles. The number of rotatable bonds is 4. The fourth-order valence-electron chi connectivity index (χ4n) is 1.86. The van der Waals surface area contributed by atoms with E-state index in [-0.39, 0.29) is 5.92 Å². The summed E-state index contributed by atoms with van der Waals surface area (Å²) in [5, 5.41) is 9.78. The molecule has 1 aliphatic carbocycles. The smallest absolute Gasteiger partial charge is 0.210 e. The third kappa shape index (κ3) is 3.22. The number of nitrogen functional groups attached to an aromatic ring is 1. The molecule has 0 bridgehead atoms. The highest BCUT2D eigenvalue weighted by molar-refractivity contribution is 7.99. The van der Waals surface area contributed by atoms with E-state index in [1.54, 1.807) is 18.2 Å². The molecule has 0 aliphatic heterocycles. The van der Waals surface area contributed by atoms with Gasteiger partial charge in [0.05, 0.1) is 5.02 Å². The van der Waals surface area contributed by atoms with Crippen molar-refractivity contribution in [2.75, 3.05) is 11.6 Å². The van der Waals surface area contributed by atoms with E-state index in [1.807, 2.05) is 0 Å². The summed E-state index contributed by atoms with van der Waals surface area (Å²) in [7, 11) is 0. The van der Waals surface area contributed by atoms with Crippen LogP contribution in [-0.2, 0) is 0 Å². The average molecular weight is 384 g/mol. The quantitative estimate of drug-likeness (QED) is 0.487. The average Bonchev–Trinajstić information content (AvgIpc) is 2.85. The van der Waals surface area contributed by atoms with Crippen molar-refractivity contribution in [3.63, 3.8) is 0 Å². The molecular weight excluding hydrogens is 374 g/mol. The first kappa shape index (κ1) is 15.6. The number of hydrogen-bond donors (Lipinski definition) is 1. The van der Waals surface area contributed by atoms with Gasteiger partial charge in [0.15, 0.2) is 5.82 Å². The number of benzene rings is 1. The molecule has 0 radical (unpaired) electrons. The molecule has 0 saturated heterocycles. The normalized spacial score (nSPS) is 19.7. The van der Waals surface area contributed by atoms with E-state index in [1.165, 1.54) is 16.4 Å². The Labute approximate surface area is 145 Å². The molecule has 4 nitrogen and oxygen atoms in total. The third-order valence-electron chi connectivity index (χ3n) is 3.21. The van der Waals surface area contributed by atoms with E-state index in [9.17, 15) is 0 Å². The Balaban J connectivity index is 1.79. The minimum atomic E-state index is -0.602. The molecule has 21 heavy (non-hydrogen) atoms. The van der Waals surface area contributed by atoms with Crippen LogP contribution < -0.4 is 5.84 Å². The Morgan fingerprint density at radius 3 is 2.67 bits per heavy atom. The van der Waals surface area contributed by atoms with Crippen LogP contribution in [0, 0.1) is 5.92 Å². The lowest BCUT2D eigenvalue weighted by Crippen LogP contribution is -2.12. The van der Waals surface area contributed by atoms with Gasteiger partial charge in [-0.2, -0.15) is 0 Å². The van der Waals surface area contributed by atoms with E-state index in [4.69, 9.17) is 52.2 Å². The van der Waals surface area contributed by atoms with Crippen LogP contribution in [-0.4, -0.2) is 25.0 Å². The fourth-order valence-corrected chi connectivity index (χ4v) is 4.14. The largest absolute Gasteiger partial charge is 0.335 e. The second kappa shape index (κ2) is 5.70. The highest BCUT2D eigenvalue weighted by Gasteiger charge is 2.51. The van der Waals surface area contributed by atoms with Crippen molar-refractivity contribution < 1.29 is 0 Å². The van der Waals surface area contributed by atoms with Crippen LogP contribution in [0.15, 0.2) is 23.4 Å². The molecular formula is C12H10Cl4N4S. The van der Waals surface area contributed by atoms with Crippen LogP contribution in [0.2, 0.25) is 10.0 Å². The van der Waals surface area contributed by atoms with Gasteiger partial charge in [0, 0.05) is 22.3 Å². The molecule has 0 spiro atoms. The highest BCUT2D eigenvalue weighted by atomic mass is 35.5. The van der Waals surface area contributed by atoms with Gasteiger partial charge >= 0.3 is 0 Å². The Kier molecular flexibility index (Phi) is 4.23. The van der Waals surface area contributed by atoms with Crippen molar-refractivity contribution in [2.24, 2.45) is 5.92 Å². The summed E-state index contributed by atoms with van der Waals surface area (Å²) in [6, 6.07) is 5.12. The van der Waals surface area contributed by atoms with Crippen molar-refractivity contribution in [3.05, 3.63) is 28.2 Å². The third-order valence-corrected chi connectivity index (χ3v) is 5.79. The van der Waals surface area contributed by atoms with Crippen LogP contribution in [0.4, 0.5) is 0 Å². The predicted molar refractivity (Wildman–Crippen MR) is 88.9 cm³/mol. The van der Waals surface area contributed by atoms with Gasteiger partial charge in [-0.3, -0.25) is 0 Å². The molecule has 2 N–H and O–H groups in total. The van der Waals surface area contributed by atoms with E-state index in [2.05, 4.69) is 10.2 Å². The maximum atomic E-state index is 6.16. The summed E-state index contributed by atoms with van der Waals surface area (Å²) in [5.41, 5.74) is 0.679. The molecule has 1 aliphatic rings. The maximum Gasteiger partial charge on any atom is 0.210 e. The van der Waals surface area contributed by atoms with Gasteiger partial charge in [-0.15, -0.1) is 33.4 Å². The molecule has 9 heteroatoms. The molecule has 1 aromatic carbocycles. The maximum absolute atomic E-state index is 6.16. The van der Waals surface area contributed by atoms with Gasteiger partial charge in [0.2, 0.25) is 5.16 Å². The highest BCUT2D eigenvalue weighted by Crippen LogP contribution is 2.54. The van der Waals surface area contributed by atoms with Crippen LogP contribution in [0.25, 0.3) is 11.4 Å². The second-order valence-electron chi connectivity index (χ2n) is 4.77. The number of thioether (sulfide) groups is 1. The molecule has 2 aromatic rings. The SMILES string of the molecule is Nn1c(SCC2CC2(Cl)Cl)nnc1-c1ccc(Cl)cc1Cl. The summed E-state index contributed by atoms with van der Waals surface area (Å²) >= 11 is 25.5. The standard InChI is InChI=1S/C12H10Cl4N4S/c13-7-1-2-8(9(14)3-7)10-18-19-11(20(10)17)21-5-6-4-12(6,15)16/h1-3,6H,4-5,17H2. The molecule has 0 amide bonds. The van der Waals surface area contributed by atoms with Gasteiger partial charge in [-0.25, -0.2) is 4.68 Å². The number of nitrogens with two attached hydrogens (primary N) is 1. The predicted octanol–water partition coefficient (Wildman–Crippen LogP) is 4.25. The summed E-state index contributed by atoms with van der Waals surface area (Å²) in [4.78, 5) is 0. The summed E-state index contributed by atoms with van der Waals surface area (Å²) in [6.45, 7) is 0. The van der Waals surface area contributed by atoms with Gasteiger partial charge < -0.3 is 5.84 Å². The fraction of sp³-hybridized carbons (Fsp3) is 0.333. The van der Waals surface area contributed by atoms with Crippen molar-refractivity contribution in [2.45, 2.75) is 15.9 Å². The lowest BCUT2D eigenvalue weighted by Gasteiger charge is -2.05. The summed E-state index contributed by atoms with van der Waals surface area (Å²) in [6.07, 6.45) is 0.789. The lowest BCUT2D eigenvalue weighted by molar-refractivity contribution is 0.844. The van der Waals surface area contributed by atoms with E-state index in [0.29, 0.717) is 26.6 Å². The van der Waals surface area contributed by atoms with Gasteiger partial charge in [0.1, 0.15) is 4.33 Å². The molecule has 112 valence electrons. The van der Waals surface area contributed by atoms with Crippen molar-refractivity contribution in [1.82, 2.24) is 14.9 Å². The van der Waals surface area contributed by atoms with E-state index in [0.717, 1.165) is 12.2 Å². The molecule has 1 unspecified atom stereocenters. The number of halogens is 4. The number of hydrogen-bond acceptors (Lipinski definition) is 4. The summed E-state index contributed by atoms with van der Waals surface area (Å²) < 4.78 is 0.807. The number of nitrogens with zero attached hydrogens (tertiary/aromatic N) is 3. The number of aromatic nitrogens is 3. The zero-order chi connectivity index (χ0) is 15.2. The van der Waals surface area contributed by atoms with Gasteiger partial charge in [0.25, 0.3) is 0 Å².